The number of fused-ring (bicyclic) bond motifs is 2. The highest BCUT2D eigenvalue weighted by Gasteiger charge is 2.62. The molecule has 0 aromatic rings. The summed E-state index contributed by atoms with van der Waals surface area (Å²) in [5.74, 6) is 2.62. The van der Waals surface area contributed by atoms with Gasteiger partial charge in [0.05, 0.1) is 0 Å². The standard InChI is InChI=1S/C15H22/c1-14(2)12-8-9-15(14,3)13(10-12)11-6-4-5-7-11/h4-7,11-13H,8-10H2,1-3H3/t12?,13?,15-/m0/s1. The third kappa shape index (κ3) is 1.03. The van der Waals surface area contributed by atoms with Gasteiger partial charge in [0.25, 0.3) is 0 Å². The minimum atomic E-state index is 0.571. The predicted octanol–water partition coefficient (Wildman–Crippen LogP) is 4.19. The Hall–Kier alpha value is -0.520. The van der Waals surface area contributed by atoms with Crippen LogP contribution in [-0.4, -0.2) is 0 Å². The van der Waals surface area contributed by atoms with Gasteiger partial charge in [-0.15, -0.1) is 0 Å². The molecule has 0 N–H and O–H groups in total. The molecule has 2 unspecified atom stereocenters. The number of hydrogen-bond donors (Lipinski definition) is 0. The molecule has 3 rings (SSSR count). The smallest absolute Gasteiger partial charge is 0.00135 e. The Morgan fingerprint density at radius 1 is 1.07 bits per heavy atom. The normalized spacial score (nSPS) is 46.9. The van der Waals surface area contributed by atoms with Crippen LogP contribution < -0.4 is 0 Å². The first-order valence-corrected chi connectivity index (χ1v) is 6.41. The summed E-state index contributed by atoms with van der Waals surface area (Å²) in [6.07, 6.45) is 13.7. The zero-order chi connectivity index (χ0) is 10.7. The molecule has 3 aliphatic carbocycles. The molecule has 0 aromatic carbocycles. The molecule has 82 valence electrons. The molecule has 2 saturated carbocycles. The lowest BCUT2D eigenvalue weighted by molar-refractivity contribution is 0.0898. The van der Waals surface area contributed by atoms with Crippen LogP contribution in [0.15, 0.2) is 24.3 Å². The van der Waals surface area contributed by atoms with Crippen molar-refractivity contribution in [1.29, 1.82) is 0 Å². The van der Waals surface area contributed by atoms with Gasteiger partial charge in [-0.25, -0.2) is 0 Å². The van der Waals surface area contributed by atoms with Gasteiger partial charge in [0, 0.05) is 0 Å². The van der Waals surface area contributed by atoms with Crippen LogP contribution in [0.25, 0.3) is 0 Å². The van der Waals surface area contributed by atoms with E-state index >= 15 is 0 Å². The second-order valence-electron chi connectivity index (χ2n) is 6.56. The Morgan fingerprint density at radius 2 is 1.73 bits per heavy atom. The van der Waals surface area contributed by atoms with Crippen molar-refractivity contribution in [3.05, 3.63) is 24.3 Å². The van der Waals surface area contributed by atoms with Crippen molar-refractivity contribution < 1.29 is 0 Å². The van der Waals surface area contributed by atoms with Crippen molar-refractivity contribution in [2.24, 2.45) is 28.6 Å². The molecule has 15 heavy (non-hydrogen) atoms. The molecule has 0 nitrogen and oxygen atoms in total. The van der Waals surface area contributed by atoms with E-state index in [9.17, 15) is 0 Å². The molecule has 0 heteroatoms. The van der Waals surface area contributed by atoms with E-state index in [0.717, 1.165) is 17.8 Å². The number of allylic oxidation sites excluding steroid dienone is 4. The van der Waals surface area contributed by atoms with Crippen LogP contribution in [0, 0.1) is 28.6 Å². The summed E-state index contributed by atoms with van der Waals surface area (Å²) < 4.78 is 0. The Labute approximate surface area is 93.5 Å². The maximum absolute atomic E-state index is 2.55. The minimum Gasteiger partial charge on any atom is -0.0773 e. The monoisotopic (exact) mass is 202 g/mol. The van der Waals surface area contributed by atoms with E-state index in [1.54, 1.807) is 0 Å². The summed E-state index contributed by atoms with van der Waals surface area (Å²) in [7, 11) is 0. The summed E-state index contributed by atoms with van der Waals surface area (Å²) in [4.78, 5) is 0. The minimum absolute atomic E-state index is 0.571. The van der Waals surface area contributed by atoms with Crippen LogP contribution in [0.1, 0.15) is 40.0 Å². The topological polar surface area (TPSA) is 0 Å². The Balaban J connectivity index is 1.95. The van der Waals surface area contributed by atoms with Gasteiger partial charge < -0.3 is 0 Å². The highest BCUT2D eigenvalue weighted by Crippen LogP contribution is 2.69. The fraction of sp³-hybridized carbons (Fsp3) is 0.733. The molecule has 0 radical (unpaired) electrons. The molecule has 0 saturated heterocycles. The zero-order valence-electron chi connectivity index (χ0n) is 10.2. The van der Waals surface area contributed by atoms with Crippen molar-refractivity contribution in [1.82, 2.24) is 0 Å². The molecule has 3 atom stereocenters. The molecule has 0 spiro atoms. The van der Waals surface area contributed by atoms with Crippen molar-refractivity contribution in [3.8, 4) is 0 Å². The van der Waals surface area contributed by atoms with Gasteiger partial charge in [0.1, 0.15) is 0 Å². The van der Waals surface area contributed by atoms with Crippen LogP contribution in [0.3, 0.4) is 0 Å². The van der Waals surface area contributed by atoms with Crippen LogP contribution in [-0.2, 0) is 0 Å². The van der Waals surface area contributed by atoms with Crippen molar-refractivity contribution in [3.63, 3.8) is 0 Å². The number of hydrogen-bond acceptors (Lipinski definition) is 0. The Bertz CT molecular complexity index is 322. The average molecular weight is 202 g/mol. The van der Waals surface area contributed by atoms with E-state index in [0.29, 0.717) is 10.8 Å². The fourth-order valence-electron chi connectivity index (χ4n) is 4.56. The Morgan fingerprint density at radius 3 is 2.20 bits per heavy atom. The predicted molar refractivity (Wildman–Crippen MR) is 64.5 cm³/mol. The van der Waals surface area contributed by atoms with Gasteiger partial charge in [-0.1, -0.05) is 45.1 Å². The van der Waals surface area contributed by atoms with Crippen molar-refractivity contribution in [2.45, 2.75) is 40.0 Å². The van der Waals surface area contributed by atoms with Gasteiger partial charge in [-0.2, -0.15) is 0 Å². The van der Waals surface area contributed by atoms with E-state index in [2.05, 4.69) is 45.1 Å². The summed E-state index contributed by atoms with van der Waals surface area (Å²) in [5.41, 5.74) is 1.16. The first kappa shape index (κ1) is 9.69. The van der Waals surface area contributed by atoms with E-state index in [-0.39, 0.29) is 0 Å². The first-order chi connectivity index (χ1) is 7.06. The lowest BCUT2D eigenvalue weighted by Crippen LogP contribution is -2.34. The summed E-state index contributed by atoms with van der Waals surface area (Å²) in [6, 6.07) is 0. The summed E-state index contributed by atoms with van der Waals surface area (Å²) in [5, 5.41) is 0. The lowest BCUT2D eigenvalue weighted by Gasteiger charge is -2.41. The molecule has 3 aliphatic rings. The molecule has 2 bridgehead atoms. The maximum atomic E-state index is 2.55. The van der Waals surface area contributed by atoms with Gasteiger partial charge in [0.2, 0.25) is 0 Å². The van der Waals surface area contributed by atoms with Gasteiger partial charge in [-0.05, 0) is 47.8 Å². The number of rotatable bonds is 1. The maximum Gasteiger partial charge on any atom is -0.00135 e. The molecule has 0 heterocycles. The Kier molecular flexibility index (Phi) is 1.80. The SMILES string of the molecule is CC1(C)C2CC[C@@]1(C)C(C1C=CC=C1)C2. The molecule has 0 amide bonds. The average Bonchev–Trinajstić information content (AvgIpc) is 2.80. The van der Waals surface area contributed by atoms with E-state index < -0.39 is 0 Å². The largest absolute Gasteiger partial charge is 0.0773 e. The second kappa shape index (κ2) is 2.78. The van der Waals surface area contributed by atoms with Gasteiger partial charge in [0.15, 0.2) is 0 Å². The van der Waals surface area contributed by atoms with Gasteiger partial charge >= 0.3 is 0 Å². The molecular weight excluding hydrogens is 180 g/mol. The molecular formula is C15H22. The van der Waals surface area contributed by atoms with Crippen LogP contribution in [0.4, 0.5) is 0 Å². The van der Waals surface area contributed by atoms with Crippen molar-refractivity contribution in [2.75, 3.05) is 0 Å². The highest BCUT2D eigenvalue weighted by molar-refractivity contribution is 5.23. The van der Waals surface area contributed by atoms with Gasteiger partial charge in [-0.3, -0.25) is 0 Å². The quantitative estimate of drug-likeness (QED) is 0.598. The van der Waals surface area contributed by atoms with Crippen LogP contribution in [0.5, 0.6) is 0 Å². The van der Waals surface area contributed by atoms with Crippen LogP contribution >= 0.6 is 0 Å². The molecule has 2 fully saturated rings. The van der Waals surface area contributed by atoms with E-state index in [1.165, 1.54) is 19.3 Å². The summed E-state index contributed by atoms with van der Waals surface area (Å²) in [6.45, 7) is 7.56. The first-order valence-electron chi connectivity index (χ1n) is 6.41. The lowest BCUT2D eigenvalue weighted by atomic mass is 9.63. The zero-order valence-corrected chi connectivity index (χ0v) is 10.2. The third-order valence-electron chi connectivity index (χ3n) is 6.10. The molecule has 0 aromatic heterocycles. The van der Waals surface area contributed by atoms with Crippen LogP contribution in [0.2, 0.25) is 0 Å². The fourth-order valence-corrected chi connectivity index (χ4v) is 4.56. The molecule has 0 aliphatic heterocycles. The van der Waals surface area contributed by atoms with E-state index in [4.69, 9.17) is 0 Å². The summed E-state index contributed by atoms with van der Waals surface area (Å²) >= 11 is 0. The van der Waals surface area contributed by atoms with E-state index in [1.807, 2.05) is 0 Å². The third-order valence-corrected chi connectivity index (χ3v) is 6.10. The van der Waals surface area contributed by atoms with Crippen molar-refractivity contribution >= 4 is 0 Å². The second-order valence-corrected chi connectivity index (χ2v) is 6.56. The highest BCUT2D eigenvalue weighted by atomic mass is 14.7.